The maximum atomic E-state index is 5.83. The molecule has 17 heavy (non-hydrogen) atoms. The summed E-state index contributed by atoms with van der Waals surface area (Å²) in [5.41, 5.74) is 5.83. The number of rotatable bonds is 5. The van der Waals surface area contributed by atoms with Gasteiger partial charge in [0.15, 0.2) is 5.82 Å². The average molecular weight is 285 g/mol. The monoisotopic (exact) mass is 285 g/mol. The highest BCUT2D eigenvalue weighted by Gasteiger charge is 2.14. The number of hydrogen-bond acceptors (Lipinski definition) is 6. The Morgan fingerprint density at radius 1 is 1.53 bits per heavy atom. The summed E-state index contributed by atoms with van der Waals surface area (Å²) in [6.07, 6.45) is 3.11. The highest BCUT2D eigenvalue weighted by Crippen LogP contribution is 2.36. The lowest BCUT2D eigenvalue weighted by atomic mass is 10.3. The van der Waals surface area contributed by atoms with E-state index in [1.807, 2.05) is 6.26 Å². The molecule has 0 aliphatic carbocycles. The third kappa shape index (κ3) is 2.94. The molecule has 2 aromatic heterocycles. The van der Waals surface area contributed by atoms with Crippen molar-refractivity contribution in [1.29, 1.82) is 0 Å². The fourth-order valence-electron chi connectivity index (χ4n) is 1.55. The first-order valence-electron chi connectivity index (χ1n) is 5.25. The van der Waals surface area contributed by atoms with Gasteiger partial charge in [0.1, 0.15) is 5.00 Å². The molecule has 92 valence electrons. The molecule has 2 N–H and O–H groups in total. The topological polar surface area (TPSA) is 42.1 Å². The quantitative estimate of drug-likeness (QED) is 0.857. The lowest BCUT2D eigenvalue weighted by molar-refractivity contribution is 0.889. The predicted molar refractivity (Wildman–Crippen MR) is 79.6 cm³/mol. The summed E-state index contributed by atoms with van der Waals surface area (Å²) in [6.45, 7) is 0.996. The van der Waals surface area contributed by atoms with Crippen molar-refractivity contribution < 1.29 is 0 Å². The SMILES string of the molecule is CSc1c(N)nsc1N(C)CCc1cccs1. The number of thioether (sulfide) groups is 1. The van der Waals surface area contributed by atoms with Crippen LogP contribution in [0, 0.1) is 0 Å². The zero-order valence-corrected chi connectivity index (χ0v) is 12.3. The second kappa shape index (κ2) is 5.75. The van der Waals surface area contributed by atoms with E-state index in [0.717, 1.165) is 17.9 Å². The summed E-state index contributed by atoms with van der Waals surface area (Å²) in [7, 11) is 2.10. The number of anilines is 2. The van der Waals surface area contributed by atoms with E-state index in [4.69, 9.17) is 5.73 Å². The van der Waals surface area contributed by atoms with Crippen LogP contribution < -0.4 is 10.6 Å². The molecule has 2 rings (SSSR count). The molecular formula is C11H15N3S3. The fourth-order valence-corrected chi connectivity index (χ4v) is 3.95. The Balaban J connectivity index is 2.01. The van der Waals surface area contributed by atoms with Crippen molar-refractivity contribution in [1.82, 2.24) is 4.37 Å². The fraction of sp³-hybridized carbons (Fsp3) is 0.364. The van der Waals surface area contributed by atoms with Crippen LogP contribution in [0.15, 0.2) is 22.4 Å². The molecule has 3 nitrogen and oxygen atoms in total. The van der Waals surface area contributed by atoms with Crippen LogP contribution in [0.25, 0.3) is 0 Å². The number of hydrogen-bond donors (Lipinski definition) is 1. The van der Waals surface area contributed by atoms with E-state index in [1.54, 1.807) is 23.1 Å². The maximum absolute atomic E-state index is 5.83. The Morgan fingerprint density at radius 3 is 3.00 bits per heavy atom. The standard InChI is InChI=1S/C11H15N3S3/c1-14(6-5-8-4-3-7-16-8)11-9(15-2)10(12)13-17-11/h3-4,7H,5-6H2,1-2H3,(H2,12,13). The zero-order chi connectivity index (χ0) is 12.3. The van der Waals surface area contributed by atoms with E-state index in [0.29, 0.717) is 5.82 Å². The van der Waals surface area contributed by atoms with E-state index in [9.17, 15) is 0 Å². The first-order valence-corrected chi connectivity index (χ1v) is 8.12. The van der Waals surface area contributed by atoms with Crippen LogP contribution >= 0.6 is 34.6 Å². The minimum atomic E-state index is 0.653. The summed E-state index contributed by atoms with van der Waals surface area (Å²) >= 11 is 4.95. The molecule has 6 heteroatoms. The van der Waals surface area contributed by atoms with Gasteiger partial charge in [-0.05, 0) is 35.7 Å². The smallest absolute Gasteiger partial charge is 0.153 e. The molecule has 0 aliphatic rings. The normalized spacial score (nSPS) is 10.7. The molecule has 0 amide bonds. The van der Waals surface area contributed by atoms with Gasteiger partial charge in [0.05, 0.1) is 4.90 Å². The second-order valence-corrected chi connectivity index (χ2v) is 6.26. The van der Waals surface area contributed by atoms with Crippen LogP contribution in [0.1, 0.15) is 4.88 Å². The molecule has 0 saturated carbocycles. The van der Waals surface area contributed by atoms with Gasteiger partial charge < -0.3 is 10.6 Å². The van der Waals surface area contributed by atoms with Crippen molar-refractivity contribution >= 4 is 45.5 Å². The average Bonchev–Trinajstić information content (AvgIpc) is 2.94. The molecular weight excluding hydrogens is 270 g/mol. The first kappa shape index (κ1) is 12.7. The van der Waals surface area contributed by atoms with Crippen molar-refractivity contribution in [2.24, 2.45) is 0 Å². The molecule has 2 heterocycles. The first-order chi connectivity index (χ1) is 8.22. The molecule has 0 atom stereocenters. The van der Waals surface area contributed by atoms with Crippen LogP contribution in [0.3, 0.4) is 0 Å². The maximum Gasteiger partial charge on any atom is 0.153 e. The van der Waals surface area contributed by atoms with Crippen molar-refractivity contribution in [2.75, 3.05) is 30.5 Å². The van der Waals surface area contributed by atoms with Crippen molar-refractivity contribution in [2.45, 2.75) is 11.3 Å². The lowest BCUT2D eigenvalue weighted by Crippen LogP contribution is -2.19. The molecule has 0 fully saturated rings. The van der Waals surface area contributed by atoms with Gasteiger partial charge in [0, 0.05) is 18.5 Å². The Bertz CT molecular complexity index is 464. The summed E-state index contributed by atoms with van der Waals surface area (Å²) in [4.78, 5) is 4.75. The van der Waals surface area contributed by atoms with Crippen molar-refractivity contribution in [3.05, 3.63) is 22.4 Å². The van der Waals surface area contributed by atoms with Gasteiger partial charge in [0.25, 0.3) is 0 Å². The number of nitrogens with zero attached hydrogens (tertiary/aromatic N) is 2. The summed E-state index contributed by atoms with van der Waals surface area (Å²) in [5.74, 6) is 0.653. The number of nitrogens with two attached hydrogens (primary N) is 1. The van der Waals surface area contributed by atoms with Gasteiger partial charge in [-0.25, -0.2) is 0 Å². The molecule has 0 aliphatic heterocycles. The highest BCUT2D eigenvalue weighted by molar-refractivity contribution is 7.99. The molecule has 0 saturated heterocycles. The highest BCUT2D eigenvalue weighted by atomic mass is 32.2. The predicted octanol–water partition coefficient (Wildman–Crippen LogP) is 3.19. The molecule has 0 spiro atoms. The number of aromatic nitrogens is 1. The van der Waals surface area contributed by atoms with Crippen LogP contribution in [-0.4, -0.2) is 24.2 Å². The third-order valence-corrected chi connectivity index (χ3v) is 5.33. The van der Waals surface area contributed by atoms with Crippen LogP contribution in [0.2, 0.25) is 0 Å². The van der Waals surface area contributed by atoms with Crippen LogP contribution in [0.4, 0.5) is 10.8 Å². The van der Waals surface area contributed by atoms with Gasteiger partial charge in [-0.1, -0.05) is 6.07 Å². The molecule has 0 bridgehead atoms. The minimum absolute atomic E-state index is 0.653. The summed E-state index contributed by atoms with van der Waals surface area (Å²) in [5, 5.41) is 3.29. The molecule has 0 aromatic carbocycles. The van der Waals surface area contributed by atoms with Crippen LogP contribution in [0.5, 0.6) is 0 Å². The van der Waals surface area contributed by atoms with Crippen molar-refractivity contribution in [3.8, 4) is 0 Å². The Hall–Kier alpha value is -0.720. The van der Waals surface area contributed by atoms with Gasteiger partial charge in [-0.15, -0.1) is 23.1 Å². The van der Waals surface area contributed by atoms with Crippen LogP contribution in [-0.2, 0) is 6.42 Å². The van der Waals surface area contributed by atoms with E-state index in [-0.39, 0.29) is 0 Å². The van der Waals surface area contributed by atoms with Crippen molar-refractivity contribution in [3.63, 3.8) is 0 Å². The second-order valence-electron chi connectivity index (χ2n) is 3.66. The largest absolute Gasteiger partial charge is 0.382 e. The Kier molecular flexibility index (Phi) is 4.31. The molecule has 0 unspecified atom stereocenters. The Morgan fingerprint density at radius 2 is 2.35 bits per heavy atom. The summed E-state index contributed by atoms with van der Waals surface area (Å²) < 4.78 is 4.21. The van der Waals surface area contributed by atoms with Gasteiger partial charge in [-0.2, -0.15) is 4.37 Å². The molecule has 0 radical (unpaired) electrons. The minimum Gasteiger partial charge on any atom is -0.382 e. The number of nitrogen functional groups attached to an aromatic ring is 1. The van der Waals surface area contributed by atoms with E-state index >= 15 is 0 Å². The lowest BCUT2D eigenvalue weighted by Gasteiger charge is -2.17. The number of thiophene rings is 1. The summed E-state index contributed by atoms with van der Waals surface area (Å²) in [6, 6.07) is 4.27. The van der Waals surface area contributed by atoms with E-state index in [1.165, 1.54) is 21.4 Å². The Labute approximate surface area is 114 Å². The zero-order valence-electron chi connectivity index (χ0n) is 9.84. The van der Waals surface area contributed by atoms with E-state index < -0.39 is 0 Å². The third-order valence-electron chi connectivity index (χ3n) is 2.48. The van der Waals surface area contributed by atoms with Gasteiger partial charge in [0.2, 0.25) is 0 Å². The molecule has 2 aromatic rings. The number of likely N-dealkylation sites (N-methyl/N-ethyl adjacent to an activating group) is 1. The van der Waals surface area contributed by atoms with E-state index in [2.05, 4.69) is 33.8 Å². The van der Waals surface area contributed by atoms with Gasteiger partial charge >= 0.3 is 0 Å². The van der Waals surface area contributed by atoms with Gasteiger partial charge in [-0.3, -0.25) is 0 Å².